The Kier molecular flexibility index (Phi) is 5.33. The standard InChI is InChI=1S/C19H24O3S/c1-3-11-18-13-20-19(21-14-18,22-15-18)17-9-7-16(8-10-17)6-5-12-23-4-2/h7-10H,3-4,11-15H2,1-2H3. The van der Waals surface area contributed by atoms with Gasteiger partial charge in [-0.15, -0.1) is 11.8 Å². The van der Waals surface area contributed by atoms with Gasteiger partial charge in [0.2, 0.25) is 0 Å². The lowest BCUT2D eigenvalue weighted by molar-refractivity contribution is -0.480. The van der Waals surface area contributed by atoms with E-state index in [2.05, 4.69) is 25.7 Å². The minimum atomic E-state index is -1.01. The fraction of sp³-hybridized carbons (Fsp3) is 0.579. The van der Waals surface area contributed by atoms with Crippen molar-refractivity contribution in [2.24, 2.45) is 5.41 Å². The molecule has 2 bridgehead atoms. The largest absolute Gasteiger partial charge is 0.323 e. The van der Waals surface area contributed by atoms with Crippen LogP contribution < -0.4 is 0 Å². The monoisotopic (exact) mass is 332 g/mol. The van der Waals surface area contributed by atoms with E-state index in [4.69, 9.17) is 14.2 Å². The molecule has 0 unspecified atom stereocenters. The molecular weight excluding hydrogens is 308 g/mol. The summed E-state index contributed by atoms with van der Waals surface area (Å²) in [6, 6.07) is 8.00. The second kappa shape index (κ2) is 7.27. The van der Waals surface area contributed by atoms with Crippen LogP contribution in [0.2, 0.25) is 0 Å². The van der Waals surface area contributed by atoms with Crippen LogP contribution in [0.1, 0.15) is 37.8 Å². The second-order valence-electron chi connectivity index (χ2n) is 6.19. The van der Waals surface area contributed by atoms with Crippen molar-refractivity contribution in [1.29, 1.82) is 0 Å². The van der Waals surface area contributed by atoms with Crippen LogP contribution in [0.25, 0.3) is 0 Å². The van der Waals surface area contributed by atoms with Crippen molar-refractivity contribution in [2.45, 2.75) is 32.7 Å². The van der Waals surface area contributed by atoms with Crippen LogP contribution in [0, 0.1) is 17.3 Å². The van der Waals surface area contributed by atoms with Gasteiger partial charge in [-0.2, -0.15) is 0 Å². The third-order valence-corrected chi connectivity index (χ3v) is 5.09. The number of rotatable bonds is 5. The summed E-state index contributed by atoms with van der Waals surface area (Å²) in [6.07, 6.45) is 2.19. The molecule has 0 radical (unpaired) electrons. The van der Waals surface area contributed by atoms with Crippen molar-refractivity contribution in [3.63, 3.8) is 0 Å². The minimum absolute atomic E-state index is 0.0405. The molecule has 0 saturated carbocycles. The number of ether oxygens (including phenoxy) is 3. The summed E-state index contributed by atoms with van der Waals surface area (Å²) in [6.45, 7) is 6.44. The Morgan fingerprint density at radius 1 is 1.04 bits per heavy atom. The molecule has 3 aliphatic heterocycles. The van der Waals surface area contributed by atoms with Crippen molar-refractivity contribution in [2.75, 3.05) is 31.3 Å². The normalized spacial score (nSPS) is 29.1. The predicted octanol–water partition coefficient (Wildman–Crippen LogP) is 3.77. The maximum Gasteiger partial charge on any atom is 0.312 e. The smallest absolute Gasteiger partial charge is 0.312 e. The molecule has 1 aromatic rings. The first-order valence-corrected chi connectivity index (χ1v) is 9.46. The summed E-state index contributed by atoms with van der Waals surface area (Å²) < 4.78 is 17.9. The summed E-state index contributed by atoms with van der Waals surface area (Å²) in [7, 11) is 0. The van der Waals surface area contributed by atoms with Crippen molar-refractivity contribution in [3.05, 3.63) is 35.4 Å². The van der Waals surface area contributed by atoms with Crippen molar-refractivity contribution < 1.29 is 14.2 Å². The maximum absolute atomic E-state index is 5.98. The van der Waals surface area contributed by atoms with Crippen molar-refractivity contribution >= 4 is 11.8 Å². The quantitative estimate of drug-likeness (QED) is 0.606. The molecule has 3 fully saturated rings. The Labute approximate surface area is 143 Å². The highest BCUT2D eigenvalue weighted by atomic mass is 32.2. The molecular formula is C19H24O3S. The van der Waals surface area contributed by atoms with Gasteiger partial charge in [0.1, 0.15) is 0 Å². The zero-order chi connectivity index (χ0) is 16.2. The highest BCUT2D eigenvalue weighted by Crippen LogP contribution is 2.46. The second-order valence-corrected chi connectivity index (χ2v) is 7.46. The molecule has 0 spiro atoms. The topological polar surface area (TPSA) is 27.7 Å². The molecule has 0 amide bonds. The lowest BCUT2D eigenvalue weighted by Crippen LogP contribution is -2.58. The Balaban J connectivity index is 1.67. The summed E-state index contributed by atoms with van der Waals surface area (Å²) >= 11 is 1.83. The minimum Gasteiger partial charge on any atom is -0.323 e. The average Bonchev–Trinajstić information content (AvgIpc) is 2.61. The SMILES string of the molecule is CCCC12COC(c3ccc(C#CCSCC)cc3)(OC1)OC2. The number of thioether (sulfide) groups is 1. The van der Waals surface area contributed by atoms with Gasteiger partial charge in [0.15, 0.2) is 0 Å². The van der Waals surface area contributed by atoms with E-state index in [0.717, 1.165) is 35.5 Å². The first-order chi connectivity index (χ1) is 11.2. The van der Waals surface area contributed by atoms with Gasteiger partial charge in [-0.1, -0.05) is 32.1 Å². The maximum atomic E-state index is 5.98. The molecule has 0 N–H and O–H groups in total. The highest BCUT2D eigenvalue weighted by Gasteiger charge is 2.53. The van der Waals surface area contributed by atoms with Gasteiger partial charge in [-0.3, -0.25) is 0 Å². The van der Waals surface area contributed by atoms with Crippen molar-refractivity contribution in [1.82, 2.24) is 0 Å². The predicted molar refractivity (Wildman–Crippen MR) is 93.2 cm³/mol. The van der Waals surface area contributed by atoms with E-state index >= 15 is 0 Å². The Bertz CT molecular complexity index is 560. The number of hydrogen-bond acceptors (Lipinski definition) is 4. The zero-order valence-electron chi connectivity index (χ0n) is 13.9. The van der Waals surface area contributed by atoms with Gasteiger partial charge in [0, 0.05) is 16.5 Å². The van der Waals surface area contributed by atoms with Crippen LogP contribution in [-0.2, 0) is 20.2 Å². The first kappa shape index (κ1) is 16.9. The van der Waals surface area contributed by atoms with E-state index in [9.17, 15) is 0 Å². The zero-order valence-corrected chi connectivity index (χ0v) is 14.7. The van der Waals surface area contributed by atoms with Gasteiger partial charge < -0.3 is 14.2 Å². The Hall–Kier alpha value is -0.990. The average molecular weight is 332 g/mol. The molecule has 0 aromatic heterocycles. The lowest BCUT2D eigenvalue weighted by atomic mass is 9.83. The molecule has 3 saturated heterocycles. The van der Waals surface area contributed by atoms with Gasteiger partial charge in [0.25, 0.3) is 0 Å². The van der Waals surface area contributed by atoms with E-state index in [-0.39, 0.29) is 5.41 Å². The third-order valence-electron chi connectivity index (χ3n) is 4.33. The van der Waals surface area contributed by atoms with Crippen LogP contribution in [0.4, 0.5) is 0 Å². The molecule has 23 heavy (non-hydrogen) atoms. The molecule has 0 atom stereocenters. The van der Waals surface area contributed by atoms with Gasteiger partial charge in [-0.05, 0) is 36.4 Å². The van der Waals surface area contributed by atoms with Crippen LogP contribution >= 0.6 is 11.8 Å². The highest BCUT2D eigenvalue weighted by molar-refractivity contribution is 7.99. The molecule has 3 nitrogen and oxygen atoms in total. The summed E-state index contributed by atoms with van der Waals surface area (Å²) in [5.74, 6) is 7.31. The molecule has 4 heteroatoms. The molecule has 3 aliphatic rings. The summed E-state index contributed by atoms with van der Waals surface area (Å²) in [5.41, 5.74) is 1.96. The lowest BCUT2D eigenvalue weighted by Gasteiger charge is -2.51. The van der Waals surface area contributed by atoms with E-state index in [0.29, 0.717) is 19.8 Å². The van der Waals surface area contributed by atoms with Crippen LogP contribution in [0.3, 0.4) is 0 Å². The van der Waals surface area contributed by atoms with E-state index in [1.54, 1.807) is 0 Å². The fourth-order valence-corrected chi connectivity index (χ4v) is 3.42. The molecule has 4 rings (SSSR count). The van der Waals surface area contributed by atoms with E-state index in [1.165, 1.54) is 0 Å². The Morgan fingerprint density at radius 3 is 2.26 bits per heavy atom. The van der Waals surface area contributed by atoms with Crippen molar-refractivity contribution in [3.8, 4) is 11.8 Å². The Morgan fingerprint density at radius 2 is 1.70 bits per heavy atom. The summed E-state index contributed by atoms with van der Waals surface area (Å²) in [5, 5.41) is 0. The van der Waals surface area contributed by atoms with Crippen LogP contribution in [0.5, 0.6) is 0 Å². The van der Waals surface area contributed by atoms with Gasteiger partial charge >= 0.3 is 5.97 Å². The third kappa shape index (κ3) is 3.59. The first-order valence-electron chi connectivity index (χ1n) is 8.31. The molecule has 0 aliphatic carbocycles. The van der Waals surface area contributed by atoms with Crippen LogP contribution in [-0.4, -0.2) is 31.3 Å². The van der Waals surface area contributed by atoms with Crippen LogP contribution in [0.15, 0.2) is 24.3 Å². The van der Waals surface area contributed by atoms with Gasteiger partial charge in [0.05, 0.1) is 25.6 Å². The summed E-state index contributed by atoms with van der Waals surface area (Å²) in [4.78, 5) is 0. The molecule has 1 aromatic carbocycles. The van der Waals surface area contributed by atoms with E-state index < -0.39 is 5.97 Å². The fourth-order valence-electron chi connectivity index (χ4n) is 3.04. The number of hydrogen-bond donors (Lipinski definition) is 0. The van der Waals surface area contributed by atoms with E-state index in [1.807, 2.05) is 36.0 Å². The molecule has 124 valence electrons. The van der Waals surface area contributed by atoms with Gasteiger partial charge in [-0.25, -0.2) is 0 Å². The number of fused-ring (bicyclic) bond motifs is 3. The number of benzene rings is 1. The molecule has 3 heterocycles.